The molecular formula is C19H17F6NO. The molecule has 1 N–H and O–H groups in total. The minimum atomic E-state index is -5.88. The van der Waals surface area contributed by atoms with E-state index in [1.807, 2.05) is 0 Å². The normalized spacial score (nSPS) is 13.7. The molecular weight excluding hydrogens is 372 g/mol. The van der Waals surface area contributed by atoms with E-state index < -0.39 is 24.4 Å². The van der Waals surface area contributed by atoms with Crippen LogP contribution in [0.25, 0.3) is 0 Å². The highest BCUT2D eigenvalue weighted by Crippen LogP contribution is 2.45. The van der Waals surface area contributed by atoms with E-state index in [9.17, 15) is 31.4 Å². The van der Waals surface area contributed by atoms with Crippen LogP contribution in [0, 0.1) is 0 Å². The molecule has 0 atom stereocenters. The van der Waals surface area contributed by atoms with Crippen LogP contribution in [0.1, 0.15) is 17.5 Å². The number of halogens is 6. The maximum atomic E-state index is 13.0. The summed E-state index contributed by atoms with van der Waals surface area (Å²) in [4.78, 5) is 3.96. The van der Waals surface area contributed by atoms with Crippen LogP contribution in [0.2, 0.25) is 0 Å². The zero-order valence-electron chi connectivity index (χ0n) is 14.1. The Labute approximate surface area is 152 Å². The summed E-state index contributed by atoms with van der Waals surface area (Å²) in [7, 11) is 0. The zero-order valence-corrected chi connectivity index (χ0v) is 14.1. The SMILES string of the molecule is OC(CC(Cc1ccccc1)=NCc1ccccc1)(C(F)(F)F)C(F)(F)F. The largest absolute Gasteiger partial charge is 0.426 e. The molecule has 0 saturated heterocycles. The maximum Gasteiger partial charge on any atom is 0.426 e. The number of hydrogen-bond donors (Lipinski definition) is 1. The molecule has 0 heterocycles. The molecule has 0 bridgehead atoms. The second-order valence-corrected chi connectivity index (χ2v) is 6.06. The summed E-state index contributed by atoms with van der Waals surface area (Å²) in [5, 5.41) is 9.50. The number of rotatable bonds is 6. The third-order valence-electron chi connectivity index (χ3n) is 3.98. The van der Waals surface area contributed by atoms with Gasteiger partial charge in [-0.2, -0.15) is 26.3 Å². The van der Waals surface area contributed by atoms with Gasteiger partial charge in [-0.1, -0.05) is 60.7 Å². The third kappa shape index (κ3) is 5.32. The van der Waals surface area contributed by atoms with Crippen molar-refractivity contribution in [1.82, 2.24) is 0 Å². The summed E-state index contributed by atoms with van der Waals surface area (Å²) in [6.45, 7) is -0.0885. The molecule has 0 spiro atoms. The maximum absolute atomic E-state index is 13.0. The second kappa shape index (κ2) is 8.12. The minimum absolute atomic E-state index is 0.0885. The van der Waals surface area contributed by atoms with E-state index in [0.717, 1.165) is 0 Å². The lowest BCUT2D eigenvalue weighted by Gasteiger charge is -2.32. The molecule has 0 amide bonds. The molecule has 0 aliphatic heterocycles. The molecule has 2 rings (SSSR count). The Morgan fingerprint density at radius 3 is 1.63 bits per heavy atom. The van der Waals surface area contributed by atoms with Crippen LogP contribution >= 0.6 is 0 Å². The van der Waals surface area contributed by atoms with Gasteiger partial charge in [-0.15, -0.1) is 0 Å². The fourth-order valence-corrected chi connectivity index (χ4v) is 2.45. The Hall–Kier alpha value is -2.35. The van der Waals surface area contributed by atoms with Crippen LogP contribution in [-0.2, 0) is 13.0 Å². The van der Waals surface area contributed by atoms with Crippen LogP contribution in [-0.4, -0.2) is 28.8 Å². The predicted molar refractivity (Wildman–Crippen MR) is 89.4 cm³/mol. The molecule has 2 aromatic carbocycles. The average molecular weight is 389 g/mol. The van der Waals surface area contributed by atoms with Gasteiger partial charge in [0.05, 0.1) is 6.54 Å². The predicted octanol–water partition coefficient (Wildman–Crippen LogP) is 5.12. The second-order valence-electron chi connectivity index (χ2n) is 6.06. The van der Waals surface area contributed by atoms with Gasteiger partial charge in [0, 0.05) is 18.6 Å². The first kappa shape index (κ1) is 21.0. The lowest BCUT2D eigenvalue weighted by Crippen LogP contribution is -2.58. The minimum Gasteiger partial charge on any atom is -0.373 e. The average Bonchev–Trinajstić information content (AvgIpc) is 2.59. The standard InChI is InChI=1S/C19H17F6NO/c20-18(21,22)17(27,19(23,24)25)12-16(11-14-7-3-1-4-8-14)26-13-15-9-5-2-6-10-15/h1-10,27H,11-13H2. The van der Waals surface area contributed by atoms with Crippen molar-refractivity contribution >= 4 is 5.71 Å². The fourth-order valence-electron chi connectivity index (χ4n) is 2.45. The summed E-state index contributed by atoms with van der Waals surface area (Å²) >= 11 is 0. The zero-order chi connectivity index (χ0) is 20.1. The van der Waals surface area contributed by atoms with Crippen LogP contribution in [0.5, 0.6) is 0 Å². The lowest BCUT2D eigenvalue weighted by atomic mass is 9.92. The summed E-state index contributed by atoms with van der Waals surface area (Å²) in [5.74, 6) is 0. The van der Waals surface area contributed by atoms with Crippen molar-refractivity contribution in [3.8, 4) is 0 Å². The molecule has 0 aliphatic rings. The smallest absolute Gasteiger partial charge is 0.373 e. The molecule has 2 aromatic rings. The highest BCUT2D eigenvalue weighted by Gasteiger charge is 2.70. The van der Waals surface area contributed by atoms with Crippen LogP contribution < -0.4 is 0 Å². The molecule has 0 aliphatic carbocycles. The van der Waals surface area contributed by atoms with E-state index >= 15 is 0 Å². The van der Waals surface area contributed by atoms with Crippen molar-refractivity contribution in [2.75, 3.05) is 0 Å². The lowest BCUT2D eigenvalue weighted by molar-refractivity contribution is -0.365. The van der Waals surface area contributed by atoms with Gasteiger partial charge >= 0.3 is 12.4 Å². The van der Waals surface area contributed by atoms with Gasteiger partial charge in [-0.05, 0) is 11.1 Å². The van der Waals surface area contributed by atoms with E-state index in [2.05, 4.69) is 4.99 Å². The van der Waals surface area contributed by atoms with Gasteiger partial charge in [0.1, 0.15) is 0 Å². The molecule has 146 valence electrons. The van der Waals surface area contributed by atoms with E-state index in [1.54, 1.807) is 60.7 Å². The summed E-state index contributed by atoms with van der Waals surface area (Å²) in [6, 6.07) is 16.4. The molecule has 0 aromatic heterocycles. The van der Waals surface area contributed by atoms with Crippen molar-refractivity contribution in [2.45, 2.75) is 37.3 Å². The van der Waals surface area contributed by atoms with Gasteiger partial charge in [-0.25, -0.2) is 0 Å². The topological polar surface area (TPSA) is 32.6 Å². The van der Waals surface area contributed by atoms with Crippen LogP contribution in [0.3, 0.4) is 0 Å². The first-order chi connectivity index (χ1) is 12.5. The van der Waals surface area contributed by atoms with Crippen LogP contribution in [0.15, 0.2) is 65.7 Å². The Kier molecular flexibility index (Phi) is 6.30. The van der Waals surface area contributed by atoms with E-state index in [-0.39, 0.29) is 18.7 Å². The van der Waals surface area contributed by atoms with Crippen molar-refractivity contribution in [1.29, 1.82) is 0 Å². The number of hydrogen-bond acceptors (Lipinski definition) is 2. The van der Waals surface area contributed by atoms with E-state index in [0.29, 0.717) is 11.1 Å². The molecule has 27 heavy (non-hydrogen) atoms. The Morgan fingerprint density at radius 2 is 1.19 bits per heavy atom. The van der Waals surface area contributed by atoms with Gasteiger partial charge in [0.25, 0.3) is 5.60 Å². The summed E-state index contributed by atoms with van der Waals surface area (Å²) in [6.07, 6.45) is -13.7. The van der Waals surface area contributed by atoms with Crippen molar-refractivity contribution < 1.29 is 31.4 Å². The Bertz CT molecular complexity index is 739. The Morgan fingerprint density at radius 1 is 0.741 bits per heavy atom. The number of nitrogens with zero attached hydrogens (tertiary/aromatic N) is 1. The van der Waals surface area contributed by atoms with Crippen molar-refractivity contribution in [3.05, 3.63) is 71.8 Å². The first-order valence-electron chi connectivity index (χ1n) is 7.99. The Balaban J connectivity index is 2.35. The highest BCUT2D eigenvalue weighted by atomic mass is 19.4. The summed E-state index contributed by atoms with van der Waals surface area (Å²) in [5.41, 5.74) is -4.12. The third-order valence-corrected chi connectivity index (χ3v) is 3.98. The fraction of sp³-hybridized carbons (Fsp3) is 0.316. The van der Waals surface area contributed by atoms with Gasteiger partial charge in [-0.3, -0.25) is 4.99 Å². The van der Waals surface area contributed by atoms with Crippen molar-refractivity contribution in [3.63, 3.8) is 0 Å². The van der Waals surface area contributed by atoms with Gasteiger partial charge in [0.2, 0.25) is 0 Å². The monoisotopic (exact) mass is 389 g/mol. The quantitative estimate of drug-likeness (QED) is 0.540. The highest BCUT2D eigenvalue weighted by molar-refractivity contribution is 5.87. The molecule has 8 heteroatoms. The summed E-state index contributed by atoms with van der Waals surface area (Å²) < 4.78 is 78.2. The molecule has 0 saturated carbocycles. The molecule has 0 unspecified atom stereocenters. The van der Waals surface area contributed by atoms with Crippen LogP contribution in [0.4, 0.5) is 26.3 Å². The van der Waals surface area contributed by atoms with Crippen molar-refractivity contribution in [2.24, 2.45) is 4.99 Å². The van der Waals surface area contributed by atoms with Gasteiger partial charge in [0.15, 0.2) is 0 Å². The molecule has 2 nitrogen and oxygen atoms in total. The number of benzene rings is 2. The number of aliphatic hydroxyl groups is 1. The van der Waals surface area contributed by atoms with E-state index in [4.69, 9.17) is 0 Å². The van der Waals surface area contributed by atoms with Gasteiger partial charge < -0.3 is 5.11 Å². The first-order valence-corrected chi connectivity index (χ1v) is 7.99. The van der Waals surface area contributed by atoms with E-state index in [1.165, 1.54) is 0 Å². The molecule has 0 fully saturated rings. The number of aliphatic imine (C=N–C) groups is 1. The number of alkyl halides is 6. The molecule has 0 radical (unpaired) electrons.